The summed E-state index contributed by atoms with van der Waals surface area (Å²) in [6.07, 6.45) is 0.668. The van der Waals surface area contributed by atoms with Crippen LogP contribution in [0.3, 0.4) is 0 Å². The smallest absolute Gasteiger partial charge is 0.255 e. The van der Waals surface area contributed by atoms with Crippen LogP contribution in [-0.2, 0) is 10.0 Å². The van der Waals surface area contributed by atoms with Gasteiger partial charge in [0, 0.05) is 11.6 Å². The Morgan fingerprint density at radius 3 is 2.40 bits per heavy atom. The van der Waals surface area contributed by atoms with Gasteiger partial charge in [0.05, 0.1) is 10.6 Å². The molecule has 0 aromatic heterocycles. The van der Waals surface area contributed by atoms with Gasteiger partial charge in [-0.25, -0.2) is 17.5 Å². The van der Waals surface area contributed by atoms with E-state index >= 15 is 0 Å². The second-order valence-corrected chi connectivity index (χ2v) is 7.61. The summed E-state index contributed by atoms with van der Waals surface area (Å²) in [6.45, 7) is 5.44. The lowest BCUT2D eigenvalue weighted by Gasteiger charge is -2.12. The van der Waals surface area contributed by atoms with Crippen molar-refractivity contribution in [1.29, 1.82) is 0 Å². The van der Waals surface area contributed by atoms with Crippen LogP contribution in [0.4, 0.5) is 10.1 Å². The molecule has 2 N–H and O–H groups in total. The van der Waals surface area contributed by atoms with E-state index in [1.165, 1.54) is 36.4 Å². The number of anilines is 1. The molecule has 0 radical (unpaired) electrons. The molecular weight excluding hydrogens is 343 g/mol. The molecule has 0 spiro atoms. The Hall–Kier alpha value is -2.25. The van der Waals surface area contributed by atoms with Crippen molar-refractivity contribution in [3.63, 3.8) is 0 Å². The van der Waals surface area contributed by atoms with Crippen molar-refractivity contribution >= 4 is 21.6 Å². The summed E-state index contributed by atoms with van der Waals surface area (Å²) in [4.78, 5) is 12.3. The SMILES string of the molecule is CCC(C)NS(=O)(=O)c1ccc(C(=O)Nc2cc(C)ccc2F)cc1. The van der Waals surface area contributed by atoms with Crippen LogP contribution < -0.4 is 10.0 Å². The van der Waals surface area contributed by atoms with E-state index in [2.05, 4.69) is 10.0 Å². The fourth-order valence-corrected chi connectivity index (χ4v) is 3.46. The maximum atomic E-state index is 13.7. The van der Waals surface area contributed by atoms with Gasteiger partial charge in [-0.05, 0) is 62.2 Å². The first kappa shape index (κ1) is 19.1. The molecule has 7 heteroatoms. The van der Waals surface area contributed by atoms with E-state index in [-0.39, 0.29) is 22.2 Å². The molecule has 2 rings (SSSR count). The van der Waals surface area contributed by atoms with Crippen molar-refractivity contribution in [2.24, 2.45) is 0 Å². The zero-order valence-electron chi connectivity index (χ0n) is 14.3. The Morgan fingerprint density at radius 1 is 1.16 bits per heavy atom. The number of amides is 1. The predicted octanol–water partition coefficient (Wildman–Crippen LogP) is 3.46. The lowest BCUT2D eigenvalue weighted by atomic mass is 10.2. The maximum Gasteiger partial charge on any atom is 0.255 e. The van der Waals surface area contributed by atoms with Gasteiger partial charge >= 0.3 is 0 Å². The summed E-state index contributed by atoms with van der Waals surface area (Å²) >= 11 is 0. The van der Waals surface area contributed by atoms with E-state index in [1.807, 2.05) is 6.92 Å². The Labute approximate surface area is 147 Å². The molecule has 2 aromatic carbocycles. The highest BCUT2D eigenvalue weighted by molar-refractivity contribution is 7.89. The molecular formula is C18H21FN2O3S. The summed E-state index contributed by atoms with van der Waals surface area (Å²) in [5.41, 5.74) is 1.14. The average molecular weight is 364 g/mol. The molecule has 134 valence electrons. The monoisotopic (exact) mass is 364 g/mol. The molecule has 0 aliphatic heterocycles. The minimum absolute atomic E-state index is 0.0751. The third-order valence-electron chi connectivity index (χ3n) is 3.77. The van der Waals surface area contributed by atoms with Gasteiger partial charge < -0.3 is 5.32 Å². The summed E-state index contributed by atoms with van der Waals surface area (Å²) in [7, 11) is -3.63. The molecule has 0 aliphatic carbocycles. The highest BCUT2D eigenvalue weighted by Gasteiger charge is 2.17. The zero-order valence-corrected chi connectivity index (χ0v) is 15.2. The van der Waals surface area contributed by atoms with Crippen LogP contribution in [-0.4, -0.2) is 20.4 Å². The van der Waals surface area contributed by atoms with Crippen molar-refractivity contribution in [1.82, 2.24) is 4.72 Å². The van der Waals surface area contributed by atoms with Crippen molar-refractivity contribution < 1.29 is 17.6 Å². The largest absolute Gasteiger partial charge is 0.319 e. The van der Waals surface area contributed by atoms with Crippen molar-refractivity contribution in [3.05, 3.63) is 59.4 Å². The number of aryl methyl sites for hydroxylation is 1. The fraction of sp³-hybridized carbons (Fsp3) is 0.278. The molecule has 1 amide bonds. The Bertz CT molecular complexity index is 864. The van der Waals surface area contributed by atoms with E-state index in [9.17, 15) is 17.6 Å². The molecule has 2 aromatic rings. The minimum Gasteiger partial charge on any atom is -0.319 e. The normalized spacial score (nSPS) is 12.6. The van der Waals surface area contributed by atoms with Crippen LogP contribution in [0.25, 0.3) is 0 Å². The summed E-state index contributed by atoms with van der Waals surface area (Å²) in [5, 5.41) is 2.49. The van der Waals surface area contributed by atoms with Gasteiger partial charge in [0.1, 0.15) is 5.82 Å². The van der Waals surface area contributed by atoms with Gasteiger partial charge in [-0.2, -0.15) is 0 Å². The summed E-state index contributed by atoms with van der Waals surface area (Å²) < 4.78 is 40.7. The van der Waals surface area contributed by atoms with Crippen LogP contribution in [0, 0.1) is 12.7 Å². The Kier molecular flexibility index (Phi) is 5.92. The second kappa shape index (κ2) is 7.76. The van der Waals surface area contributed by atoms with E-state index in [1.54, 1.807) is 19.9 Å². The standard InChI is InChI=1S/C18H21FN2O3S/c1-4-13(3)21-25(23,24)15-8-6-14(7-9-15)18(22)20-17-11-12(2)5-10-16(17)19/h5-11,13,21H,4H2,1-3H3,(H,20,22). The molecule has 1 unspecified atom stereocenters. The molecule has 5 nitrogen and oxygen atoms in total. The topological polar surface area (TPSA) is 75.3 Å². The molecule has 1 atom stereocenters. The maximum absolute atomic E-state index is 13.7. The lowest BCUT2D eigenvalue weighted by molar-refractivity contribution is 0.102. The molecule has 0 fully saturated rings. The predicted molar refractivity (Wildman–Crippen MR) is 95.6 cm³/mol. The number of sulfonamides is 1. The zero-order chi connectivity index (χ0) is 18.6. The minimum atomic E-state index is -3.63. The highest BCUT2D eigenvalue weighted by Crippen LogP contribution is 2.18. The van der Waals surface area contributed by atoms with Crippen LogP contribution in [0.2, 0.25) is 0 Å². The molecule has 0 heterocycles. The third kappa shape index (κ3) is 4.87. The first-order valence-corrected chi connectivity index (χ1v) is 9.41. The number of nitrogens with one attached hydrogen (secondary N) is 2. The van der Waals surface area contributed by atoms with Gasteiger partial charge in [0.15, 0.2) is 0 Å². The number of hydrogen-bond acceptors (Lipinski definition) is 3. The van der Waals surface area contributed by atoms with Crippen molar-refractivity contribution in [3.8, 4) is 0 Å². The van der Waals surface area contributed by atoms with Crippen LogP contribution >= 0.6 is 0 Å². The summed E-state index contributed by atoms with van der Waals surface area (Å²) in [5.74, 6) is -1.04. The average Bonchev–Trinajstić information content (AvgIpc) is 2.57. The van der Waals surface area contributed by atoms with Crippen molar-refractivity contribution in [2.75, 3.05) is 5.32 Å². The second-order valence-electron chi connectivity index (χ2n) is 5.89. The van der Waals surface area contributed by atoms with E-state index in [0.717, 1.165) is 5.56 Å². The quantitative estimate of drug-likeness (QED) is 0.824. The molecule has 25 heavy (non-hydrogen) atoms. The van der Waals surface area contributed by atoms with Crippen molar-refractivity contribution in [2.45, 2.75) is 38.1 Å². The molecule has 0 aliphatic rings. The van der Waals surface area contributed by atoms with Crippen LogP contribution in [0.15, 0.2) is 47.4 Å². The van der Waals surface area contributed by atoms with Gasteiger partial charge in [0.2, 0.25) is 10.0 Å². The van der Waals surface area contributed by atoms with E-state index < -0.39 is 21.7 Å². The number of halogens is 1. The lowest BCUT2D eigenvalue weighted by Crippen LogP contribution is -2.32. The summed E-state index contributed by atoms with van der Waals surface area (Å²) in [6, 6.07) is 9.73. The first-order chi connectivity index (χ1) is 11.7. The number of carbonyl (C=O) groups excluding carboxylic acids is 1. The number of benzene rings is 2. The highest BCUT2D eigenvalue weighted by atomic mass is 32.2. The Morgan fingerprint density at radius 2 is 1.80 bits per heavy atom. The van der Waals surface area contributed by atoms with Gasteiger partial charge in [-0.1, -0.05) is 13.0 Å². The molecule has 0 bridgehead atoms. The van der Waals surface area contributed by atoms with Gasteiger partial charge in [-0.3, -0.25) is 4.79 Å². The molecule has 0 saturated heterocycles. The Balaban J connectivity index is 2.16. The third-order valence-corrected chi connectivity index (χ3v) is 5.37. The fourth-order valence-electron chi connectivity index (χ4n) is 2.13. The molecule has 0 saturated carbocycles. The van der Waals surface area contributed by atoms with Gasteiger partial charge in [0.25, 0.3) is 5.91 Å². The first-order valence-electron chi connectivity index (χ1n) is 7.93. The van der Waals surface area contributed by atoms with E-state index in [4.69, 9.17) is 0 Å². The number of hydrogen-bond donors (Lipinski definition) is 2. The van der Waals surface area contributed by atoms with Crippen LogP contribution in [0.5, 0.6) is 0 Å². The van der Waals surface area contributed by atoms with E-state index in [0.29, 0.717) is 6.42 Å². The van der Waals surface area contributed by atoms with Crippen LogP contribution in [0.1, 0.15) is 36.2 Å². The number of carbonyl (C=O) groups is 1. The van der Waals surface area contributed by atoms with Gasteiger partial charge in [-0.15, -0.1) is 0 Å². The number of rotatable bonds is 6.